The third-order valence-electron chi connectivity index (χ3n) is 5.63. The second-order valence-electron chi connectivity index (χ2n) is 8.02. The Balaban J connectivity index is 1.49. The van der Waals surface area contributed by atoms with Gasteiger partial charge in [-0.3, -0.25) is 9.48 Å². The predicted octanol–water partition coefficient (Wildman–Crippen LogP) is 2.32. The van der Waals surface area contributed by atoms with Gasteiger partial charge < -0.3 is 19.1 Å². The number of aromatic nitrogens is 2. The van der Waals surface area contributed by atoms with Crippen molar-refractivity contribution in [3.8, 4) is 0 Å². The Kier molecular flexibility index (Phi) is 6.55. The monoisotopic (exact) mass is 379 g/mol. The molecular formula is C20H33N3O4. The molecule has 0 radical (unpaired) electrons. The van der Waals surface area contributed by atoms with E-state index in [0.29, 0.717) is 32.0 Å². The van der Waals surface area contributed by atoms with E-state index >= 15 is 0 Å². The van der Waals surface area contributed by atoms with Crippen molar-refractivity contribution in [3.05, 3.63) is 17.5 Å². The van der Waals surface area contributed by atoms with Gasteiger partial charge >= 0.3 is 0 Å². The van der Waals surface area contributed by atoms with Crippen LogP contribution in [0.15, 0.2) is 6.07 Å². The number of hydrogen-bond donors (Lipinski definition) is 0. The van der Waals surface area contributed by atoms with Crippen LogP contribution in [0.3, 0.4) is 0 Å². The molecule has 0 saturated carbocycles. The van der Waals surface area contributed by atoms with Crippen molar-refractivity contribution in [2.45, 2.75) is 64.3 Å². The normalized spacial score (nSPS) is 22.6. The van der Waals surface area contributed by atoms with Crippen LogP contribution in [0.2, 0.25) is 0 Å². The fraction of sp³-hybridized carbons (Fsp3) is 0.800. The third kappa shape index (κ3) is 5.09. The molecule has 0 N–H and O–H groups in total. The van der Waals surface area contributed by atoms with E-state index in [2.05, 4.69) is 5.10 Å². The van der Waals surface area contributed by atoms with Gasteiger partial charge in [0.15, 0.2) is 5.69 Å². The summed E-state index contributed by atoms with van der Waals surface area (Å²) in [7, 11) is 1.86. The molecule has 3 rings (SSSR count). The summed E-state index contributed by atoms with van der Waals surface area (Å²) in [6.07, 6.45) is 3.99. The minimum Gasteiger partial charge on any atom is -0.376 e. The molecule has 152 valence electrons. The molecule has 1 atom stereocenters. The lowest BCUT2D eigenvalue weighted by Gasteiger charge is -2.46. The zero-order valence-corrected chi connectivity index (χ0v) is 17.1. The van der Waals surface area contributed by atoms with Crippen molar-refractivity contribution >= 4 is 5.91 Å². The van der Waals surface area contributed by atoms with Crippen LogP contribution < -0.4 is 0 Å². The van der Waals surface area contributed by atoms with Crippen LogP contribution in [0.1, 0.15) is 55.7 Å². The largest absolute Gasteiger partial charge is 0.376 e. The molecule has 27 heavy (non-hydrogen) atoms. The number of carbonyl (C=O) groups is 1. The highest BCUT2D eigenvalue weighted by molar-refractivity contribution is 5.92. The quantitative estimate of drug-likeness (QED) is 0.710. The summed E-state index contributed by atoms with van der Waals surface area (Å²) in [5, 5.41) is 4.32. The number of nitrogens with zero attached hydrogens (tertiary/aromatic N) is 3. The average molecular weight is 380 g/mol. The summed E-state index contributed by atoms with van der Waals surface area (Å²) in [5.41, 5.74) is 1.37. The molecule has 0 aliphatic carbocycles. The fourth-order valence-corrected chi connectivity index (χ4v) is 3.92. The number of rotatable bonds is 6. The topological polar surface area (TPSA) is 65.8 Å². The Morgan fingerprint density at radius 1 is 1.37 bits per heavy atom. The Morgan fingerprint density at radius 3 is 2.74 bits per heavy atom. The van der Waals surface area contributed by atoms with Gasteiger partial charge in [0, 0.05) is 38.9 Å². The van der Waals surface area contributed by atoms with Crippen molar-refractivity contribution in [3.63, 3.8) is 0 Å². The highest BCUT2D eigenvalue weighted by Crippen LogP contribution is 2.36. The maximum absolute atomic E-state index is 12.7. The van der Waals surface area contributed by atoms with E-state index in [1.54, 1.807) is 4.68 Å². The van der Waals surface area contributed by atoms with E-state index in [1.165, 1.54) is 0 Å². The van der Waals surface area contributed by atoms with E-state index in [1.807, 2.05) is 38.8 Å². The van der Waals surface area contributed by atoms with Crippen LogP contribution in [0, 0.1) is 6.92 Å². The van der Waals surface area contributed by atoms with Crippen molar-refractivity contribution in [1.82, 2.24) is 14.7 Å². The van der Waals surface area contributed by atoms with Gasteiger partial charge in [-0.2, -0.15) is 5.10 Å². The van der Waals surface area contributed by atoms with Crippen molar-refractivity contribution in [2.75, 3.05) is 32.9 Å². The fourth-order valence-electron chi connectivity index (χ4n) is 3.92. The van der Waals surface area contributed by atoms with Gasteiger partial charge in [0.2, 0.25) is 0 Å². The summed E-state index contributed by atoms with van der Waals surface area (Å²) in [4.78, 5) is 14.6. The van der Waals surface area contributed by atoms with Gasteiger partial charge in [0.25, 0.3) is 5.91 Å². The van der Waals surface area contributed by atoms with Crippen molar-refractivity contribution in [1.29, 1.82) is 0 Å². The van der Waals surface area contributed by atoms with Gasteiger partial charge in [-0.1, -0.05) is 0 Å². The number of hydrogen-bond acceptors (Lipinski definition) is 5. The SMILES string of the molecule is Cc1cc(C(=O)N2CCC3(CC2)CC(OCCOC(C)C)CCO3)nn1C. The van der Waals surface area contributed by atoms with Gasteiger partial charge in [0.1, 0.15) is 0 Å². The number of amides is 1. The van der Waals surface area contributed by atoms with E-state index in [0.717, 1.165) is 38.0 Å². The standard InChI is InChI=1S/C20H33N3O4/c1-15(2)25-11-12-26-17-5-10-27-20(14-17)6-8-23(9-7-20)19(24)18-13-16(3)22(4)21-18/h13,15,17H,5-12,14H2,1-4H3. The lowest BCUT2D eigenvalue weighted by molar-refractivity contribution is -0.156. The first-order valence-electron chi connectivity index (χ1n) is 10.1. The molecule has 1 aromatic heterocycles. The van der Waals surface area contributed by atoms with E-state index in [4.69, 9.17) is 14.2 Å². The van der Waals surface area contributed by atoms with Crippen molar-refractivity contribution in [2.24, 2.45) is 7.05 Å². The summed E-state index contributed by atoms with van der Waals surface area (Å²) in [6, 6.07) is 1.85. The van der Waals surface area contributed by atoms with Crippen molar-refractivity contribution < 1.29 is 19.0 Å². The first-order chi connectivity index (χ1) is 12.9. The average Bonchev–Trinajstić information content (AvgIpc) is 2.98. The highest BCUT2D eigenvalue weighted by Gasteiger charge is 2.41. The summed E-state index contributed by atoms with van der Waals surface area (Å²) in [6.45, 7) is 9.42. The van der Waals surface area contributed by atoms with E-state index in [-0.39, 0.29) is 23.7 Å². The minimum absolute atomic E-state index is 0.0167. The van der Waals surface area contributed by atoms with Gasteiger partial charge in [-0.15, -0.1) is 0 Å². The smallest absolute Gasteiger partial charge is 0.274 e. The molecule has 3 heterocycles. The Bertz CT molecular complexity index is 616. The molecule has 7 nitrogen and oxygen atoms in total. The van der Waals surface area contributed by atoms with Crippen LogP contribution in [0.25, 0.3) is 0 Å². The second kappa shape index (κ2) is 8.71. The number of carbonyl (C=O) groups excluding carboxylic acids is 1. The van der Waals surface area contributed by atoms with Crippen LogP contribution in [-0.4, -0.2) is 71.3 Å². The maximum Gasteiger partial charge on any atom is 0.274 e. The molecule has 1 spiro atoms. The van der Waals surface area contributed by atoms with E-state index in [9.17, 15) is 4.79 Å². The molecule has 1 amide bonds. The molecule has 2 aliphatic heterocycles. The van der Waals surface area contributed by atoms with Gasteiger partial charge in [-0.05, 0) is 46.1 Å². The molecule has 2 fully saturated rings. The summed E-state index contributed by atoms with van der Waals surface area (Å²) >= 11 is 0. The van der Waals surface area contributed by atoms with E-state index < -0.39 is 0 Å². The van der Waals surface area contributed by atoms with Crippen LogP contribution in [0.5, 0.6) is 0 Å². The van der Waals surface area contributed by atoms with Crippen LogP contribution in [-0.2, 0) is 21.3 Å². The minimum atomic E-state index is -0.154. The predicted molar refractivity (Wildman–Crippen MR) is 102 cm³/mol. The lowest BCUT2D eigenvalue weighted by atomic mass is 9.83. The van der Waals surface area contributed by atoms with Gasteiger partial charge in [0.05, 0.1) is 31.0 Å². The first kappa shape index (κ1) is 20.3. The van der Waals surface area contributed by atoms with Crippen LogP contribution >= 0.6 is 0 Å². The Morgan fingerprint density at radius 2 is 2.11 bits per heavy atom. The highest BCUT2D eigenvalue weighted by atomic mass is 16.5. The Hall–Kier alpha value is -1.44. The second-order valence-corrected chi connectivity index (χ2v) is 8.02. The number of ether oxygens (including phenoxy) is 3. The first-order valence-corrected chi connectivity index (χ1v) is 10.1. The molecule has 1 unspecified atom stereocenters. The Labute approximate surface area is 161 Å². The summed E-state index contributed by atoms with van der Waals surface area (Å²) in [5.74, 6) is 0.0167. The molecule has 2 aliphatic rings. The molecular weight excluding hydrogens is 346 g/mol. The molecule has 0 aromatic carbocycles. The third-order valence-corrected chi connectivity index (χ3v) is 5.63. The zero-order valence-electron chi connectivity index (χ0n) is 17.1. The molecule has 1 aromatic rings. The summed E-state index contributed by atoms with van der Waals surface area (Å²) < 4.78 is 19.5. The number of aryl methyl sites for hydroxylation is 2. The van der Waals surface area contributed by atoms with Gasteiger partial charge in [-0.25, -0.2) is 0 Å². The maximum atomic E-state index is 12.7. The lowest BCUT2D eigenvalue weighted by Crippen LogP contribution is -2.52. The molecule has 7 heteroatoms. The zero-order chi connectivity index (χ0) is 19.4. The number of likely N-dealkylation sites (tertiary alicyclic amines) is 1. The number of piperidine rings is 1. The van der Waals surface area contributed by atoms with Crippen LogP contribution in [0.4, 0.5) is 0 Å². The molecule has 0 bridgehead atoms. The molecule has 2 saturated heterocycles.